The van der Waals surface area contributed by atoms with Crippen molar-refractivity contribution in [3.63, 3.8) is 0 Å². The summed E-state index contributed by atoms with van der Waals surface area (Å²) in [5.74, 6) is -0.776. The van der Waals surface area contributed by atoms with Crippen LogP contribution in [-0.4, -0.2) is 69.7 Å². The van der Waals surface area contributed by atoms with E-state index in [9.17, 15) is 24.3 Å². The molecule has 0 aromatic heterocycles. The van der Waals surface area contributed by atoms with Crippen molar-refractivity contribution in [2.75, 3.05) is 13.1 Å². The molecule has 2 N–H and O–H groups in total. The summed E-state index contributed by atoms with van der Waals surface area (Å²) < 4.78 is 0. The summed E-state index contributed by atoms with van der Waals surface area (Å²) in [6, 6.07) is 8.45. The number of fused-ring (bicyclic) bond motifs is 2. The van der Waals surface area contributed by atoms with Crippen molar-refractivity contribution in [1.29, 1.82) is 0 Å². The lowest BCUT2D eigenvalue weighted by molar-refractivity contribution is -0.146. The van der Waals surface area contributed by atoms with E-state index in [0.717, 1.165) is 44.1 Å². The predicted octanol–water partition coefficient (Wildman–Crippen LogP) is 3.38. The van der Waals surface area contributed by atoms with Gasteiger partial charge in [-0.15, -0.1) is 0 Å². The number of amides is 3. The Balaban J connectivity index is 1.34. The average molecular weight is 550 g/mol. The second-order valence-electron chi connectivity index (χ2n) is 12.3. The number of ketones is 1. The van der Waals surface area contributed by atoms with Gasteiger partial charge in [0.1, 0.15) is 6.04 Å². The number of allylic oxidation sites excluding steroid dienone is 2. The largest absolute Gasteiger partial charge is 0.391 e. The second kappa shape index (κ2) is 12.2. The summed E-state index contributed by atoms with van der Waals surface area (Å²) >= 11 is 0. The monoisotopic (exact) mass is 549 g/mol. The molecule has 3 aliphatic heterocycles. The molecule has 0 radical (unpaired) electrons. The third-order valence-electron chi connectivity index (χ3n) is 9.41. The van der Waals surface area contributed by atoms with Crippen molar-refractivity contribution >= 4 is 23.5 Å². The highest BCUT2D eigenvalue weighted by atomic mass is 16.3. The van der Waals surface area contributed by atoms with Crippen LogP contribution in [0.1, 0.15) is 76.7 Å². The lowest BCUT2D eigenvalue weighted by Gasteiger charge is -2.31. The van der Waals surface area contributed by atoms with Gasteiger partial charge in [-0.3, -0.25) is 19.2 Å². The maximum Gasteiger partial charge on any atom is 0.243 e. The molecule has 4 aliphatic rings. The third kappa shape index (κ3) is 6.02. The molecule has 40 heavy (non-hydrogen) atoms. The Kier molecular flexibility index (Phi) is 8.74. The molecule has 8 nitrogen and oxygen atoms in total. The summed E-state index contributed by atoms with van der Waals surface area (Å²) in [4.78, 5) is 57.7. The minimum Gasteiger partial charge on any atom is -0.391 e. The zero-order valence-corrected chi connectivity index (χ0v) is 23.6. The maximum absolute atomic E-state index is 14.2. The van der Waals surface area contributed by atoms with Gasteiger partial charge in [-0.1, -0.05) is 62.2 Å². The number of likely N-dealkylation sites (tertiary alicyclic amines) is 1. The normalized spacial score (nSPS) is 33.9. The van der Waals surface area contributed by atoms with E-state index in [4.69, 9.17) is 0 Å². The number of aliphatic hydroxyl groups is 1. The topological polar surface area (TPSA) is 107 Å². The number of nitrogens with zero attached hydrogens (tertiary/aromatic N) is 2. The van der Waals surface area contributed by atoms with Crippen molar-refractivity contribution in [1.82, 2.24) is 15.1 Å². The van der Waals surface area contributed by atoms with Gasteiger partial charge in [0.05, 0.1) is 17.6 Å². The Morgan fingerprint density at radius 2 is 1.88 bits per heavy atom. The number of benzene rings is 1. The first kappa shape index (κ1) is 28.5. The van der Waals surface area contributed by atoms with E-state index in [0.29, 0.717) is 25.9 Å². The predicted molar refractivity (Wildman–Crippen MR) is 151 cm³/mol. The number of rotatable bonds is 4. The molecule has 3 amide bonds. The summed E-state index contributed by atoms with van der Waals surface area (Å²) in [7, 11) is 0. The quantitative estimate of drug-likeness (QED) is 0.560. The van der Waals surface area contributed by atoms with Crippen LogP contribution in [0.4, 0.5) is 0 Å². The minimum absolute atomic E-state index is 0.0330. The van der Waals surface area contributed by atoms with Crippen molar-refractivity contribution in [2.24, 2.45) is 17.3 Å². The number of nitrogens with one attached hydrogen (secondary N) is 1. The van der Waals surface area contributed by atoms with Crippen molar-refractivity contribution in [3.05, 3.63) is 48.0 Å². The number of carbonyl (C=O) groups is 4. The van der Waals surface area contributed by atoms with Gasteiger partial charge < -0.3 is 20.2 Å². The molecule has 0 spiro atoms. The van der Waals surface area contributed by atoms with Gasteiger partial charge in [0.25, 0.3) is 0 Å². The van der Waals surface area contributed by atoms with Crippen LogP contribution in [0, 0.1) is 17.3 Å². The van der Waals surface area contributed by atoms with E-state index in [2.05, 4.69) is 17.5 Å². The van der Waals surface area contributed by atoms with Gasteiger partial charge in [-0.25, -0.2) is 0 Å². The van der Waals surface area contributed by atoms with E-state index in [1.807, 2.05) is 37.3 Å². The summed E-state index contributed by atoms with van der Waals surface area (Å²) in [5.41, 5.74) is 0.113. The second-order valence-corrected chi connectivity index (χ2v) is 12.3. The van der Waals surface area contributed by atoms with Gasteiger partial charge in [0.2, 0.25) is 17.7 Å². The fourth-order valence-corrected chi connectivity index (χ4v) is 6.93. The van der Waals surface area contributed by atoms with Gasteiger partial charge in [-0.2, -0.15) is 0 Å². The van der Waals surface area contributed by atoms with Crippen molar-refractivity contribution in [3.8, 4) is 0 Å². The molecule has 0 bridgehead atoms. The number of hydrogen-bond acceptors (Lipinski definition) is 5. The Labute approximate surface area is 237 Å². The fraction of sp³-hybridized carbons (Fsp3) is 0.625. The SMILES string of the molecule is C[C@H]1CCCCC/C=C\[C@H]2C[C@@]2(C(=O)N2CCC[C@H]2C(=O)NCc2ccccc2)CC(=O)[C@@H]2C[C@@H](O)CN2C1=O. The van der Waals surface area contributed by atoms with E-state index in [1.165, 1.54) is 0 Å². The zero-order chi connectivity index (χ0) is 28.3. The summed E-state index contributed by atoms with van der Waals surface area (Å²) in [6.07, 6.45) is 10.3. The van der Waals surface area contributed by atoms with Crippen LogP contribution in [0.5, 0.6) is 0 Å². The van der Waals surface area contributed by atoms with E-state index in [-0.39, 0.29) is 54.7 Å². The average Bonchev–Trinajstić information content (AvgIpc) is 3.26. The lowest BCUT2D eigenvalue weighted by atomic mass is 9.90. The standard InChI is InChI=1S/C32H43N3O5/c1-22-11-6-3-2-4-9-14-24-18-32(24,19-28(37)27-17-25(36)21-35(27)30(22)39)31(40)34-16-10-15-26(34)29(38)33-20-23-12-7-5-8-13-23/h5,7-9,12-14,22,24-27,36H,2-4,6,10-11,15-21H2,1H3,(H,33,38)/b14-9-/t22-,24-,25+,26-,27-,32+/m0/s1. The van der Waals surface area contributed by atoms with Crippen LogP contribution < -0.4 is 5.32 Å². The molecule has 3 fully saturated rings. The van der Waals surface area contributed by atoms with Crippen LogP contribution in [-0.2, 0) is 25.7 Å². The van der Waals surface area contributed by atoms with E-state index < -0.39 is 23.6 Å². The first-order valence-electron chi connectivity index (χ1n) is 15.1. The maximum atomic E-state index is 14.2. The van der Waals surface area contributed by atoms with Gasteiger partial charge in [0.15, 0.2) is 5.78 Å². The molecule has 1 aromatic rings. The van der Waals surface area contributed by atoms with Crippen LogP contribution in [0.2, 0.25) is 0 Å². The minimum atomic E-state index is -0.885. The molecule has 1 saturated carbocycles. The molecule has 0 unspecified atom stereocenters. The third-order valence-corrected chi connectivity index (χ3v) is 9.41. The number of carbonyl (C=O) groups excluding carboxylic acids is 4. The smallest absolute Gasteiger partial charge is 0.243 e. The molecule has 5 rings (SSSR count). The van der Waals surface area contributed by atoms with Crippen LogP contribution in [0.3, 0.4) is 0 Å². The summed E-state index contributed by atoms with van der Waals surface area (Å²) in [5, 5.41) is 13.4. The lowest BCUT2D eigenvalue weighted by Crippen LogP contribution is -2.50. The van der Waals surface area contributed by atoms with E-state index >= 15 is 0 Å². The van der Waals surface area contributed by atoms with Gasteiger partial charge in [-0.05, 0) is 50.0 Å². The van der Waals surface area contributed by atoms with Crippen LogP contribution >= 0.6 is 0 Å². The van der Waals surface area contributed by atoms with Crippen LogP contribution in [0.15, 0.2) is 42.5 Å². The highest BCUT2D eigenvalue weighted by Gasteiger charge is 2.62. The van der Waals surface area contributed by atoms with E-state index in [1.54, 1.807) is 9.80 Å². The first-order chi connectivity index (χ1) is 19.3. The number of Topliss-reactive ketones (excluding diaryl/α,β-unsaturated/α-hetero) is 1. The Morgan fingerprint density at radius 1 is 1.07 bits per heavy atom. The fourth-order valence-electron chi connectivity index (χ4n) is 6.93. The summed E-state index contributed by atoms with van der Waals surface area (Å²) in [6.45, 7) is 2.98. The van der Waals surface area contributed by atoms with Crippen LogP contribution in [0.25, 0.3) is 0 Å². The van der Waals surface area contributed by atoms with Crippen molar-refractivity contribution < 1.29 is 24.3 Å². The molecule has 1 aromatic carbocycles. The number of hydrogen-bond donors (Lipinski definition) is 2. The molecule has 3 heterocycles. The Bertz CT molecular complexity index is 1140. The highest BCUT2D eigenvalue weighted by Crippen LogP contribution is 2.58. The molecular formula is C32H43N3O5. The van der Waals surface area contributed by atoms with Crippen molar-refractivity contribution in [2.45, 2.75) is 95.9 Å². The molecule has 6 atom stereocenters. The molecule has 1 aliphatic carbocycles. The molecule has 2 saturated heterocycles. The first-order valence-corrected chi connectivity index (χ1v) is 15.1. The molecule has 216 valence electrons. The molecular weight excluding hydrogens is 506 g/mol. The zero-order valence-electron chi connectivity index (χ0n) is 23.6. The van der Waals surface area contributed by atoms with Gasteiger partial charge in [0, 0.05) is 38.4 Å². The highest BCUT2D eigenvalue weighted by molar-refractivity contribution is 5.98. The molecule has 8 heteroatoms. The Morgan fingerprint density at radius 3 is 2.67 bits per heavy atom. The number of aliphatic hydroxyl groups excluding tert-OH is 1. The Hall–Kier alpha value is -3.00. The van der Waals surface area contributed by atoms with Gasteiger partial charge >= 0.3 is 0 Å².